The van der Waals surface area contributed by atoms with Crippen molar-refractivity contribution in [2.45, 2.75) is 25.1 Å². The molecule has 2 unspecified atom stereocenters. The molecule has 1 saturated heterocycles. The quantitative estimate of drug-likeness (QED) is 0.244. The molecule has 0 bridgehead atoms. The van der Waals surface area contributed by atoms with E-state index in [2.05, 4.69) is 6.92 Å². The van der Waals surface area contributed by atoms with Crippen LogP contribution in [0.15, 0.2) is 0 Å². The molecule has 6 heteroatoms. The van der Waals surface area contributed by atoms with E-state index in [1.165, 1.54) is 0 Å². The molecule has 0 aromatic rings. The Morgan fingerprint density at radius 2 is 2.14 bits per heavy atom. The zero-order chi connectivity index (χ0) is 10.7. The number of hydrogen-bond donors (Lipinski definition) is 2. The van der Waals surface area contributed by atoms with Crippen molar-refractivity contribution in [3.63, 3.8) is 0 Å². The molecule has 14 heavy (non-hydrogen) atoms. The van der Waals surface area contributed by atoms with Crippen LogP contribution in [0.5, 0.6) is 0 Å². The molecule has 1 fully saturated rings. The van der Waals surface area contributed by atoms with Crippen LogP contribution in [0, 0.1) is 0 Å². The lowest BCUT2D eigenvalue weighted by molar-refractivity contribution is -0.147. The fourth-order valence-electron chi connectivity index (χ4n) is 1.41. The van der Waals surface area contributed by atoms with Crippen LogP contribution in [-0.4, -0.2) is 40.3 Å². The summed E-state index contributed by atoms with van der Waals surface area (Å²) in [6.45, 7) is 4.61. The first-order valence-corrected chi connectivity index (χ1v) is 5.56. The molecule has 5 nitrogen and oxygen atoms in total. The number of nitrogens with zero attached hydrogens (tertiary/aromatic N) is 1. The highest BCUT2D eigenvalue weighted by atomic mass is 32.2. The van der Waals surface area contributed by atoms with Crippen molar-refractivity contribution >= 4 is 23.6 Å². The summed E-state index contributed by atoms with van der Waals surface area (Å²) in [5.41, 5.74) is 1.86. The fraction of sp³-hybridized carbons (Fsp3) is 0.750. The monoisotopic (exact) mass is 217 g/mol. The van der Waals surface area contributed by atoms with Gasteiger partial charge in [-0.2, -0.15) is 11.8 Å². The maximum absolute atomic E-state index is 11.5. The third-order valence-electron chi connectivity index (χ3n) is 2.47. The van der Waals surface area contributed by atoms with Crippen molar-refractivity contribution in [3.8, 4) is 0 Å². The maximum atomic E-state index is 11.5. The van der Waals surface area contributed by atoms with Gasteiger partial charge in [0.1, 0.15) is 0 Å². The summed E-state index contributed by atoms with van der Waals surface area (Å²) in [5.74, 6) is 4.50. The first kappa shape index (κ1) is 11.3. The van der Waals surface area contributed by atoms with Gasteiger partial charge in [0.2, 0.25) is 0 Å². The zero-order valence-corrected chi connectivity index (χ0v) is 9.13. The number of nitrogens with two attached hydrogens (primary N) is 1. The second kappa shape index (κ2) is 4.65. The SMILES string of the molecule is CC1SCCN(C(=O)C(=O)NN)C1C. The first-order chi connectivity index (χ1) is 6.57. The van der Waals surface area contributed by atoms with E-state index >= 15 is 0 Å². The van der Waals surface area contributed by atoms with Gasteiger partial charge in [0.15, 0.2) is 0 Å². The van der Waals surface area contributed by atoms with Gasteiger partial charge in [-0.05, 0) is 6.92 Å². The van der Waals surface area contributed by atoms with Crippen LogP contribution >= 0.6 is 11.8 Å². The normalized spacial score (nSPS) is 27.2. The van der Waals surface area contributed by atoms with Crippen LogP contribution in [0.3, 0.4) is 0 Å². The molecule has 2 amide bonds. The van der Waals surface area contributed by atoms with Crippen LogP contribution in [0.25, 0.3) is 0 Å². The number of rotatable bonds is 0. The summed E-state index contributed by atoms with van der Waals surface area (Å²) < 4.78 is 0. The largest absolute Gasteiger partial charge is 0.330 e. The van der Waals surface area contributed by atoms with Crippen molar-refractivity contribution in [3.05, 3.63) is 0 Å². The van der Waals surface area contributed by atoms with E-state index < -0.39 is 11.8 Å². The van der Waals surface area contributed by atoms with Crippen LogP contribution < -0.4 is 11.3 Å². The molecule has 0 spiro atoms. The Kier molecular flexibility index (Phi) is 3.77. The van der Waals surface area contributed by atoms with Gasteiger partial charge in [0.25, 0.3) is 0 Å². The number of hydrazine groups is 1. The molecule has 0 radical (unpaired) electrons. The Morgan fingerprint density at radius 1 is 1.50 bits per heavy atom. The van der Waals surface area contributed by atoms with E-state index in [4.69, 9.17) is 5.84 Å². The third kappa shape index (κ3) is 2.19. The van der Waals surface area contributed by atoms with Gasteiger partial charge in [-0.3, -0.25) is 15.0 Å². The van der Waals surface area contributed by atoms with E-state index in [0.717, 1.165) is 5.75 Å². The van der Waals surface area contributed by atoms with Gasteiger partial charge >= 0.3 is 11.8 Å². The molecule has 0 aliphatic carbocycles. The number of nitrogens with one attached hydrogen (secondary N) is 1. The lowest BCUT2D eigenvalue weighted by Crippen LogP contribution is -2.53. The Bertz CT molecular complexity index is 247. The van der Waals surface area contributed by atoms with Crippen molar-refractivity contribution in [1.29, 1.82) is 0 Å². The Labute approximate surface area is 87.4 Å². The van der Waals surface area contributed by atoms with Gasteiger partial charge in [0.05, 0.1) is 0 Å². The molecule has 1 rings (SSSR count). The summed E-state index contributed by atoms with van der Waals surface area (Å²) in [4.78, 5) is 24.1. The van der Waals surface area contributed by atoms with Gasteiger partial charge in [-0.25, -0.2) is 5.84 Å². The number of carbonyl (C=O) groups is 2. The van der Waals surface area contributed by atoms with Crippen LogP contribution in [0.1, 0.15) is 13.8 Å². The molecular formula is C8H15N3O2S. The average Bonchev–Trinajstić information content (AvgIpc) is 2.20. The second-order valence-electron chi connectivity index (χ2n) is 3.29. The van der Waals surface area contributed by atoms with E-state index in [9.17, 15) is 9.59 Å². The maximum Gasteiger partial charge on any atom is 0.323 e. The van der Waals surface area contributed by atoms with E-state index in [1.54, 1.807) is 4.90 Å². The summed E-state index contributed by atoms with van der Waals surface area (Å²) in [7, 11) is 0. The average molecular weight is 217 g/mol. The number of hydrogen-bond acceptors (Lipinski definition) is 4. The molecule has 0 saturated carbocycles. The molecule has 1 aliphatic heterocycles. The number of thioether (sulfide) groups is 1. The third-order valence-corrected chi connectivity index (χ3v) is 3.81. The predicted octanol–water partition coefficient (Wildman–Crippen LogP) is -0.671. The summed E-state index contributed by atoms with van der Waals surface area (Å²) in [5, 5.41) is 0.360. The predicted molar refractivity (Wildman–Crippen MR) is 55.4 cm³/mol. The summed E-state index contributed by atoms with van der Waals surface area (Å²) in [6.07, 6.45) is 0. The van der Waals surface area contributed by atoms with E-state index in [1.807, 2.05) is 24.1 Å². The van der Waals surface area contributed by atoms with Crippen LogP contribution in [0.2, 0.25) is 0 Å². The minimum atomic E-state index is -0.740. The van der Waals surface area contributed by atoms with Gasteiger partial charge < -0.3 is 4.90 Å². The summed E-state index contributed by atoms with van der Waals surface area (Å²) in [6, 6.07) is 0.0820. The van der Waals surface area contributed by atoms with Crippen molar-refractivity contribution in [2.75, 3.05) is 12.3 Å². The minimum absolute atomic E-state index is 0.0820. The molecule has 1 aliphatic rings. The molecular weight excluding hydrogens is 202 g/mol. The van der Waals surface area contributed by atoms with Crippen molar-refractivity contribution < 1.29 is 9.59 Å². The highest BCUT2D eigenvalue weighted by Gasteiger charge is 2.31. The number of amides is 2. The van der Waals surface area contributed by atoms with E-state index in [0.29, 0.717) is 11.8 Å². The lowest BCUT2D eigenvalue weighted by atomic mass is 10.2. The standard InChI is InChI=1S/C8H15N3O2S/c1-5-6(2)14-4-3-11(5)8(13)7(12)10-9/h5-6H,3-4,9H2,1-2H3,(H,10,12). The minimum Gasteiger partial charge on any atom is -0.330 e. The fourth-order valence-corrected chi connectivity index (χ4v) is 2.51. The van der Waals surface area contributed by atoms with Crippen molar-refractivity contribution in [2.24, 2.45) is 5.84 Å². The Balaban J connectivity index is 2.66. The molecule has 0 aromatic heterocycles. The number of carbonyl (C=O) groups excluding carboxylic acids is 2. The van der Waals surface area contributed by atoms with Gasteiger partial charge in [0, 0.05) is 23.6 Å². The molecule has 80 valence electrons. The Hall–Kier alpha value is -0.750. The lowest BCUT2D eigenvalue weighted by Gasteiger charge is -2.36. The molecule has 1 heterocycles. The smallest absolute Gasteiger partial charge is 0.323 e. The zero-order valence-electron chi connectivity index (χ0n) is 8.32. The van der Waals surface area contributed by atoms with Gasteiger partial charge in [-0.1, -0.05) is 6.92 Å². The molecule has 3 N–H and O–H groups in total. The second-order valence-corrected chi connectivity index (χ2v) is 4.77. The summed E-state index contributed by atoms with van der Waals surface area (Å²) >= 11 is 1.81. The first-order valence-electron chi connectivity index (χ1n) is 4.51. The topological polar surface area (TPSA) is 75.4 Å². The van der Waals surface area contributed by atoms with Gasteiger partial charge in [-0.15, -0.1) is 0 Å². The highest BCUT2D eigenvalue weighted by molar-refractivity contribution is 8.00. The van der Waals surface area contributed by atoms with Crippen LogP contribution in [0.4, 0.5) is 0 Å². The molecule has 2 atom stereocenters. The van der Waals surface area contributed by atoms with Crippen molar-refractivity contribution in [1.82, 2.24) is 10.3 Å². The Morgan fingerprint density at radius 3 is 2.71 bits per heavy atom. The van der Waals surface area contributed by atoms with Crippen LogP contribution in [-0.2, 0) is 9.59 Å². The highest BCUT2D eigenvalue weighted by Crippen LogP contribution is 2.23. The molecule has 0 aromatic carbocycles. The van der Waals surface area contributed by atoms with E-state index in [-0.39, 0.29) is 6.04 Å².